The summed E-state index contributed by atoms with van der Waals surface area (Å²) in [6.45, 7) is 1.98. The number of nitrogens with one attached hydrogen (secondary N) is 1. The van der Waals surface area contributed by atoms with Crippen molar-refractivity contribution in [2.75, 3.05) is 12.8 Å². The molecule has 0 bridgehead atoms. The fourth-order valence-corrected chi connectivity index (χ4v) is 3.70. The van der Waals surface area contributed by atoms with E-state index in [1.807, 2.05) is 38.2 Å². The Balaban J connectivity index is 2.13. The number of aryl methyl sites for hydroxylation is 1. The molecule has 0 aliphatic heterocycles. The molecule has 0 amide bonds. The second-order valence-electron chi connectivity index (χ2n) is 4.61. The van der Waals surface area contributed by atoms with Crippen molar-refractivity contribution < 1.29 is 4.39 Å². The van der Waals surface area contributed by atoms with E-state index >= 15 is 0 Å². The molecule has 2 aromatic carbocycles. The Kier molecular flexibility index (Phi) is 5.64. The van der Waals surface area contributed by atoms with Gasteiger partial charge in [-0.25, -0.2) is 4.39 Å². The van der Waals surface area contributed by atoms with Crippen LogP contribution in [0.5, 0.6) is 0 Å². The zero-order valence-electron chi connectivity index (χ0n) is 11.5. The standard InChI is InChI=1S/C16H17BrFNS/c1-11-7-8-14(18)12(9-11)15(19-2)10-20-16-6-4-3-5-13(16)17/h3-9,15,19H,10H2,1-2H3. The zero-order valence-corrected chi connectivity index (χ0v) is 13.9. The lowest BCUT2D eigenvalue weighted by molar-refractivity contribution is 0.565. The Labute approximate surface area is 132 Å². The maximum atomic E-state index is 14.0. The van der Waals surface area contributed by atoms with Crippen LogP contribution in [0.4, 0.5) is 4.39 Å². The van der Waals surface area contributed by atoms with Gasteiger partial charge in [-0.1, -0.05) is 29.8 Å². The second-order valence-corrected chi connectivity index (χ2v) is 6.52. The number of thioether (sulfide) groups is 1. The average Bonchev–Trinajstić information content (AvgIpc) is 2.45. The van der Waals surface area contributed by atoms with Gasteiger partial charge in [-0.05, 0) is 48.1 Å². The van der Waals surface area contributed by atoms with E-state index in [2.05, 4.69) is 27.3 Å². The molecule has 0 heterocycles. The summed E-state index contributed by atoms with van der Waals surface area (Å²) in [5, 5.41) is 3.20. The molecule has 1 N–H and O–H groups in total. The number of benzene rings is 2. The highest BCUT2D eigenvalue weighted by molar-refractivity contribution is 9.10. The highest BCUT2D eigenvalue weighted by Crippen LogP contribution is 2.31. The minimum Gasteiger partial charge on any atom is -0.312 e. The number of halogens is 2. The van der Waals surface area contributed by atoms with E-state index in [-0.39, 0.29) is 11.9 Å². The van der Waals surface area contributed by atoms with E-state index < -0.39 is 0 Å². The van der Waals surface area contributed by atoms with Gasteiger partial charge in [0.1, 0.15) is 5.82 Å². The molecule has 0 spiro atoms. The van der Waals surface area contributed by atoms with Gasteiger partial charge in [0, 0.05) is 26.7 Å². The van der Waals surface area contributed by atoms with Gasteiger partial charge in [0.05, 0.1) is 0 Å². The SMILES string of the molecule is CNC(CSc1ccccc1Br)c1cc(C)ccc1F. The van der Waals surface area contributed by atoms with Gasteiger partial charge in [-0.2, -0.15) is 0 Å². The Morgan fingerprint density at radius 1 is 1.25 bits per heavy atom. The van der Waals surface area contributed by atoms with Crippen LogP contribution < -0.4 is 5.32 Å². The van der Waals surface area contributed by atoms with Crippen molar-refractivity contribution in [1.29, 1.82) is 0 Å². The van der Waals surface area contributed by atoms with Crippen LogP contribution >= 0.6 is 27.7 Å². The molecule has 4 heteroatoms. The summed E-state index contributed by atoms with van der Waals surface area (Å²) in [5.41, 5.74) is 1.81. The van der Waals surface area contributed by atoms with Crippen molar-refractivity contribution in [3.63, 3.8) is 0 Å². The van der Waals surface area contributed by atoms with Crippen LogP contribution in [0.25, 0.3) is 0 Å². The van der Waals surface area contributed by atoms with Crippen molar-refractivity contribution in [2.45, 2.75) is 17.9 Å². The minimum atomic E-state index is -0.150. The van der Waals surface area contributed by atoms with Gasteiger partial charge >= 0.3 is 0 Å². The van der Waals surface area contributed by atoms with Crippen LogP contribution in [-0.2, 0) is 0 Å². The maximum Gasteiger partial charge on any atom is 0.128 e. The molecule has 0 fully saturated rings. The molecule has 0 aliphatic carbocycles. The smallest absolute Gasteiger partial charge is 0.128 e. The Morgan fingerprint density at radius 3 is 2.70 bits per heavy atom. The van der Waals surface area contributed by atoms with E-state index in [0.717, 1.165) is 21.4 Å². The summed E-state index contributed by atoms with van der Waals surface area (Å²) in [6, 6.07) is 13.3. The van der Waals surface area contributed by atoms with Crippen LogP contribution in [0.2, 0.25) is 0 Å². The molecule has 106 valence electrons. The molecule has 1 unspecified atom stereocenters. The molecule has 1 nitrogen and oxygen atoms in total. The number of rotatable bonds is 5. The highest BCUT2D eigenvalue weighted by Gasteiger charge is 2.15. The first-order valence-electron chi connectivity index (χ1n) is 6.42. The van der Waals surface area contributed by atoms with Gasteiger partial charge in [-0.3, -0.25) is 0 Å². The van der Waals surface area contributed by atoms with Crippen LogP contribution in [-0.4, -0.2) is 12.8 Å². The number of hydrogen-bond acceptors (Lipinski definition) is 2. The van der Waals surface area contributed by atoms with E-state index in [1.165, 1.54) is 11.0 Å². The van der Waals surface area contributed by atoms with Gasteiger partial charge < -0.3 is 5.32 Å². The minimum absolute atomic E-state index is 0.00740. The average molecular weight is 354 g/mol. The monoisotopic (exact) mass is 353 g/mol. The van der Waals surface area contributed by atoms with Crippen LogP contribution in [0.3, 0.4) is 0 Å². The van der Waals surface area contributed by atoms with Crippen molar-refractivity contribution in [3.05, 3.63) is 63.9 Å². The van der Waals surface area contributed by atoms with E-state index in [4.69, 9.17) is 0 Å². The highest BCUT2D eigenvalue weighted by atomic mass is 79.9. The Morgan fingerprint density at radius 2 is 2.00 bits per heavy atom. The third-order valence-corrected chi connectivity index (χ3v) is 5.24. The lowest BCUT2D eigenvalue weighted by Crippen LogP contribution is -2.20. The third-order valence-electron chi connectivity index (χ3n) is 3.12. The Bertz CT molecular complexity index is 588. The van der Waals surface area contributed by atoms with E-state index in [9.17, 15) is 4.39 Å². The number of hydrogen-bond donors (Lipinski definition) is 1. The van der Waals surface area contributed by atoms with Gasteiger partial charge in [0.15, 0.2) is 0 Å². The van der Waals surface area contributed by atoms with E-state index in [0.29, 0.717) is 0 Å². The molecular weight excluding hydrogens is 337 g/mol. The fourth-order valence-electron chi connectivity index (χ4n) is 1.99. The van der Waals surface area contributed by atoms with Gasteiger partial charge in [0.25, 0.3) is 0 Å². The molecule has 1 atom stereocenters. The first kappa shape index (κ1) is 15.5. The predicted octanol–water partition coefficient (Wildman–Crippen LogP) is 4.95. The summed E-state index contributed by atoms with van der Waals surface area (Å²) in [5.74, 6) is 0.627. The van der Waals surface area contributed by atoms with Gasteiger partial charge in [-0.15, -0.1) is 11.8 Å². The molecule has 0 aromatic heterocycles. The van der Waals surface area contributed by atoms with Crippen molar-refractivity contribution in [3.8, 4) is 0 Å². The molecule has 2 rings (SSSR count). The van der Waals surface area contributed by atoms with Crippen LogP contribution in [0.15, 0.2) is 51.8 Å². The molecule has 2 aromatic rings. The van der Waals surface area contributed by atoms with Crippen LogP contribution in [0.1, 0.15) is 17.2 Å². The summed E-state index contributed by atoms with van der Waals surface area (Å²) in [4.78, 5) is 1.17. The molecular formula is C16H17BrFNS. The van der Waals surface area contributed by atoms with Crippen molar-refractivity contribution in [1.82, 2.24) is 5.32 Å². The van der Waals surface area contributed by atoms with Crippen LogP contribution in [0, 0.1) is 12.7 Å². The van der Waals surface area contributed by atoms with Crippen molar-refractivity contribution in [2.24, 2.45) is 0 Å². The second kappa shape index (κ2) is 7.25. The molecule has 0 radical (unpaired) electrons. The molecule has 0 aliphatic rings. The lowest BCUT2D eigenvalue weighted by Gasteiger charge is -2.18. The van der Waals surface area contributed by atoms with E-state index in [1.54, 1.807) is 17.8 Å². The third kappa shape index (κ3) is 3.84. The molecule has 20 heavy (non-hydrogen) atoms. The molecule has 0 saturated carbocycles. The van der Waals surface area contributed by atoms with Crippen molar-refractivity contribution >= 4 is 27.7 Å². The summed E-state index contributed by atoms with van der Waals surface area (Å²) >= 11 is 5.25. The summed E-state index contributed by atoms with van der Waals surface area (Å²) in [7, 11) is 1.87. The summed E-state index contributed by atoms with van der Waals surface area (Å²) in [6.07, 6.45) is 0. The van der Waals surface area contributed by atoms with Gasteiger partial charge in [0.2, 0.25) is 0 Å². The lowest BCUT2D eigenvalue weighted by atomic mass is 10.1. The fraction of sp³-hybridized carbons (Fsp3) is 0.250. The summed E-state index contributed by atoms with van der Waals surface area (Å²) < 4.78 is 15.0. The largest absolute Gasteiger partial charge is 0.312 e. The normalized spacial score (nSPS) is 12.4. The Hall–Kier alpha value is -0.840. The first-order chi connectivity index (χ1) is 9.61. The predicted molar refractivity (Wildman–Crippen MR) is 87.8 cm³/mol. The quantitative estimate of drug-likeness (QED) is 0.763. The first-order valence-corrected chi connectivity index (χ1v) is 8.20. The zero-order chi connectivity index (χ0) is 14.5. The molecule has 0 saturated heterocycles. The topological polar surface area (TPSA) is 12.0 Å². The maximum absolute atomic E-state index is 14.0.